The standard InChI is InChI=1S/C15H25BrN2/c1-4-12(3)11-18(5-2)15(10-17)13-7-6-8-14(16)9-13/h6-9,12,15H,4-5,10-11,17H2,1-3H3. The zero-order valence-electron chi connectivity index (χ0n) is 11.7. The lowest BCUT2D eigenvalue weighted by atomic mass is 10.0. The first kappa shape index (κ1) is 15.7. The maximum atomic E-state index is 5.99. The molecule has 102 valence electrons. The third-order valence-corrected chi connectivity index (χ3v) is 4.04. The van der Waals surface area contributed by atoms with E-state index in [-0.39, 0.29) is 0 Å². The van der Waals surface area contributed by atoms with Gasteiger partial charge in [0.1, 0.15) is 0 Å². The lowest BCUT2D eigenvalue weighted by Gasteiger charge is -2.32. The van der Waals surface area contributed by atoms with Gasteiger partial charge in [0, 0.05) is 23.6 Å². The first-order valence-corrected chi connectivity index (χ1v) is 7.61. The third kappa shape index (κ3) is 4.38. The summed E-state index contributed by atoms with van der Waals surface area (Å²) < 4.78 is 1.12. The van der Waals surface area contributed by atoms with Gasteiger partial charge in [-0.1, -0.05) is 55.3 Å². The van der Waals surface area contributed by atoms with E-state index in [0.717, 1.165) is 17.6 Å². The van der Waals surface area contributed by atoms with E-state index in [9.17, 15) is 0 Å². The number of hydrogen-bond acceptors (Lipinski definition) is 2. The molecule has 0 amide bonds. The molecule has 0 aliphatic heterocycles. The Morgan fingerprint density at radius 1 is 1.33 bits per heavy atom. The van der Waals surface area contributed by atoms with Gasteiger partial charge in [0.05, 0.1) is 0 Å². The molecule has 0 aromatic heterocycles. The van der Waals surface area contributed by atoms with Gasteiger partial charge in [-0.2, -0.15) is 0 Å². The van der Waals surface area contributed by atoms with Crippen LogP contribution in [0.5, 0.6) is 0 Å². The van der Waals surface area contributed by atoms with E-state index in [1.165, 1.54) is 12.0 Å². The summed E-state index contributed by atoms with van der Waals surface area (Å²) in [6, 6.07) is 8.81. The summed E-state index contributed by atoms with van der Waals surface area (Å²) >= 11 is 3.54. The van der Waals surface area contributed by atoms with Crippen molar-refractivity contribution in [2.75, 3.05) is 19.6 Å². The number of likely N-dealkylation sites (N-methyl/N-ethyl adjacent to an activating group) is 1. The molecule has 0 aliphatic rings. The maximum absolute atomic E-state index is 5.99. The summed E-state index contributed by atoms with van der Waals surface area (Å²) in [5, 5.41) is 0. The van der Waals surface area contributed by atoms with Crippen molar-refractivity contribution in [1.29, 1.82) is 0 Å². The van der Waals surface area contributed by atoms with Gasteiger partial charge in [0.2, 0.25) is 0 Å². The second-order valence-corrected chi connectivity index (χ2v) is 5.82. The van der Waals surface area contributed by atoms with Crippen molar-refractivity contribution in [1.82, 2.24) is 4.90 Å². The van der Waals surface area contributed by atoms with Gasteiger partial charge >= 0.3 is 0 Å². The van der Waals surface area contributed by atoms with Crippen molar-refractivity contribution in [2.24, 2.45) is 11.7 Å². The Kier molecular flexibility index (Phi) is 6.90. The molecule has 0 fully saturated rings. The summed E-state index contributed by atoms with van der Waals surface area (Å²) in [7, 11) is 0. The van der Waals surface area contributed by atoms with Gasteiger partial charge in [0.25, 0.3) is 0 Å². The van der Waals surface area contributed by atoms with E-state index in [1.807, 2.05) is 0 Å². The van der Waals surface area contributed by atoms with E-state index in [4.69, 9.17) is 5.73 Å². The van der Waals surface area contributed by atoms with Gasteiger partial charge in [-0.25, -0.2) is 0 Å². The lowest BCUT2D eigenvalue weighted by molar-refractivity contribution is 0.182. The summed E-state index contributed by atoms with van der Waals surface area (Å²) in [6.07, 6.45) is 1.21. The molecule has 0 radical (unpaired) electrons. The van der Waals surface area contributed by atoms with Crippen LogP contribution in [0, 0.1) is 5.92 Å². The molecule has 18 heavy (non-hydrogen) atoms. The third-order valence-electron chi connectivity index (χ3n) is 3.55. The average molecular weight is 313 g/mol. The summed E-state index contributed by atoms with van der Waals surface area (Å²) in [5.74, 6) is 0.714. The monoisotopic (exact) mass is 312 g/mol. The maximum Gasteiger partial charge on any atom is 0.0470 e. The largest absolute Gasteiger partial charge is 0.329 e. The van der Waals surface area contributed by atoms with Gasteiger partial charge in [0.15, 0.2) is 0 Å². The minimum Gasteiger partial charge on any atom is -0.329 e. The molecule has 2 atom stereocenters. The second-order valence-electron chi connectivity index (χ2n) is 4.91. The predicted molar refractivity (Wildman–Crippen MR) is 82.6 cm³/mol. The minimum atomic E-state index is 0.321. The highest BCUT2D eigenvalue weighted by atomic mass is 79.9. The quantitative estimate of drug-likeness (QED) is 0.829. The van der Waals surface area contributed by atoms with E-state index >= 15 is 0 Å². The fourth-order valence-corrected chi connectivity index (χ4v) is 2.63. The number of hydrogen-bond donors (Lipinski definition) is 1. The molecular weight excluding hydrogens is 288 g/mol. The van der Waals surface area contributed by atoms with Crippen LogP contribution in [-0.4, -0.2) is 24.5 Å². The molecule has 3 heteroatoms. The molecule has 2 nitrogen and oxygen atoms in total. The molecule has 1 rings (SSSR count). The topological polar surface area (TPSA) is 29.3 Å². The van der Waals surface area contributed by atoms with Crippen molar-refractivity contribution in [3.63, 3.8) is 0 Å². The van der Waals surface area contributed by atoms with Crippen molar-refractivity contribution in [2.45, 2.75) is 33.2 Å². The first-order chi connectivity index (χ1) is 8.62. The highest BCUT2D eigenvalue weighted by molar-refractivity contribution is 9.10. The highest BCUT2D eigenvalue weighted by Crippen LogP contribution is 2.24. The Labute approximate surface area is 120 Å². The number of rotatable bonds is 7. The van der Waals surface area contributed by atoms with Crippen LogP contribution in [0.2, 0.25) is 0 Å². The number of nitrogens with zero attached hydrogens (tertiary/aromatic N) is 1. The molecule has 1 aromatic rings. The number of halogens is 1. The van der Waals surface area contributed by atoms with Crippen molar-refractivity contribution in [3.05, 3.63) is 34.3 Å². The van der Waals surface area contributed by atoms with E-state index in [0.29, 0.717) is 18.5 Å². The summed E-state index contributed by atoms with van der Waals surface area (Å²) in [4.78, 5) is 2.48. The normalized spacial score (nSPS) is 14.8. The zero-order valence-corrected chi connectivity index (χ0v) is 13.3. The van der Waals surface area contributed by atoms with Crippen LogP contribution >= 0.6 is 15.9 Å². The molecule has 1 aromatic carbocycles. The van der Waals surface area contributed by atoms with E-state index in [2.05, 4.69) is 65.9 Å². The molecule has 0 saturated heterocycles. The van der Waals surface area contributed by atoms with Crippen LogP contribution < -0.4 is 5.73 Å². The average Bonchev–Trinajstić information content (AvgIpc) is 2.38. The molecule has 0 spiro atoms. The van der Waals surface area contributed by atoms with Crippen molar-refractivity contribution < 1.29 is 0 Å². The van der Waals surface area contributed by atoms with Crippen LogP contribution in [0.4, 0.5) is 0 Å². The highest BCUT2D eigenvalue weighted by Gasteiger charge is 2.19. The Hall–Kier alpha value is -0.380. The smallest absolute Gasteiger partial charge is 0.0470 e. The van der Waals surface area contributed by atoms with Crippen LogP contribution in [0.25, 0.3) is 0 Å². The van der Waals surface area contributed by atoms with Gasteiger partial charge < -0.3 is 5.73 Å². The molecule has 0 heterocycles. The Balaban J connectivity index is 2.85. The van der Waals surface area contributed by atoms with Crippen molar-refractivity contribution >= 4 is 15.9 Å². The SMILES string of the molecule is CCC(C)CN(CC)C(CN)c1cccc(Br)c1. The molecular formula is C15H25BrN2. The van der Waals surface area contributed by atoms with Crippen LogP contribution in [0.1, 0.15) is 38.8 Å². The van der Waals surface area contributed by atoms with Crippen LogP contribution in [-0.2, 0) is 0 Å². The van der Waals surface area contributed by atoms with Gasteiger partial charge in [-0.3, -0.25) is 4.90 Å². The summed E-state index contributed by atoms with van der Waals surface area (Å²) in [5.41, 5.74) is 7.29. The molecule has 0 bridgehead atoms. The Morgan fingerprint density at radius 3 is 2.56 bits per heavy atom. The number of benzene rings is 1. The van der Waals surface area contributed by atoms with E-state index in [1.54, 1.807) is 0 Å². The van der Waals surface area contributed by atoms with E-state index < -0.39 is 0 Å². The molecule has 0 saturated carbocycles. The lowest BCUT2D eigenvalue weighted by Crippen LogP contribution is -2.36. The Bertz CT molecular complexity index is 354. The van der Waals surface area contributed by atoms with Gasteiger partial charge in [-0.15, -0.1) is 0 Å². The predicted octanol–water partition coefficient (Wildman–Crippen LogP) is 3.82. The fourth-order valence-electron chi connectivity index (χ4n) is 2.22. The number of nitrogens with two attached hydrogens (primary N) is 1. The molecule has 0 aliphatic carbocycles. The summed E-state index contributed by atoms with van der Waals surface area (Å²) in [6.45, 7) is 9.58. The van der Waals surface area contributed by atoms with Crippen molar-refractivity contribution in [3.8, 4) is 0 Å². The Morgan fingerprint density at radius 2 is 2.06 bits per heavy atom. The zero-order chi connectivity index (χ0) is 13.5. The fraction of sp³-hybridized carbons (Fsp3) is 0.600. The molecule has 2 unspecified atom stereocenters. The molecule has 2 N–H and O–H groups in total. The van der Waals surface area contributed by atoms with Crippen LogP contribution in [0.3, 0.4) is 0 Å². The van der Waals surface area contributed by atoms with Gasteiger partial charge in [-0.05, 0) is 30.2 Å². The first-order valence-electron chi connectivity index (χ1n) is 6.81. The minimum absolute atomic E-state index is 0.321. The van der Waals surface area contributed by atoms with Crippen LogP contribution in [0.15, 0.2) is 28.7 Å². The second kappa shape index (κ2) is 7.93.